The van der Waals surface area contributed by atoms with Crippen LogP contribution in [0.25, 0.3) is 0 Å². The van der Waals surface area contributed by atoms with Crippen LogP contribution in [0.4, 0.5) is 9.59 Å². The topological polar surface area (TPSA) is 110 Å². The second kappa shape index (κ2) is 7.25. The number of amides is 4. The number of benzene rings is 1. The van der Waals surface area contributed by atoms with Crippen molar-refractivity contribution in [2.45, 2.75) is 19.8 Å². The lowest BCUT2D eigenvalue weighted by Gasteiger charge is -2.09. The molecule has 6 heteroatoms. The van der Waals surface area contributed by atoms with Gasteiger partial charge in [-0.2, -0.15) is 0 Å². The second-order valence-electron chi connectivity index (χ2n) is 4.34. The molecule has 0 aliphatic heterocycles. The summed E-state index contributed by atoms with van der Waals surface area (Å²) >= 11 is 0. The molecule has 0 saturated heterocycles. The molecule has 104 valence electrons. The van der Waals surface area contributed by atoms with Gasteiger partial charge in [-0.3, -0.25) is 0 Å². The maximum atomic E-state index is 10.6. The Kier molecular flexibility index (Phi) is 5.66. The predicted molar refractivity (Wildman–Crippen MR) is 73.8 cm³/mol. The van der Waals surface area contributed by atoms with Crippen molar-refractivity contribution in [3.63, 3.8) is 0 Å². The van der Waals surface area contributed by atoms with Crippen LogP contribution in [0.2, 0.25) is 0 Å². The minimum Gasteiger partial charge on any atom is -0.352 e. The zero-order valence-electron chi connectivity index (χ0n) is 11.0. The summed E-state index contributed by atoms with van der Waals surface area (Å²) in [6, 6.07) is 5.08. The van der Waals surface area contributed by atoms with Gasteiger partial charge in [-0.25, -0.2) is 9.59 Å². The fraction of sp³-hybridized carbons (Fsp3) is 0.385. The molecule has 1 aromatic carbocycles. The largest absolute Gasteiger partial charge is 0.352 e. The molecule has 1 rings (SSSR count). The van der Waals surface area contributed by atoms with Gasteiger partial charge in [0.05, 0.1) is 0 Å². The molecular weight excluding hydrogens is 244 g/mol. The van der Waals surface area contributed by atoms with Crippen molar-refractivity contribution in [1.82, 2.24) is 10.6 Å². The SMILES string of the molecule is Cc1ccc(CCNC(N)=O)cc1CCNC(N)=O. The number of nitrogens with two attached hydrogens (primary N) is 2. The maximum absolute atomic E-state index is 10.6. The molecule has 0 fully saturated rings. The molecule has 0 radical (unpaired) electrons. The van der Waals surface area contributed by atoms with Gasteiger partial charge in [0, 0.05) is 13.1 Å². The summed E-state index contributed by atoms with van der Waals surface area (Å²) in [4.78, 5) is 21.2. The first kappa shape index (κ1) is 14.8. The molecule has 0 saturated carbocycles. The summed E-state index contributed by atoms with van der Waals surface area (Å²) in [5.41, 5.74) is 13.5. The van der Waals surface area contributed by atoms with E-state index in [2.05, 4.69) is 16.7 Å². The van der Waals surface area contributed by atoms with E-state index in [0.717, 1.165) is 29.5 Å². The lowest BCUT2D eigenvalue weighted by Crippen LogP contribution is -2.31. The summed E-state index contributed by atoms with van der Waals surface area (Å²) in [6.07, 6.45) is 1.45. The molecule has 0 aliphatic rings. The number of hydrogen-bond acceptors (Lipinski definition) is 2. The van der Waals surface area contributed by atoms with E-state index in [9.17, 15) is 9.59 Å². The van der Waals surface area contributed by atoms with E-state index in [4.69, 9.17) is 11.5 Å². The van der Waals surface area contributed by atoms with Crippen LogP contribution in [0.15, 0.2) is 18.2 Å². The molecule has 6 N–H and O–H groups in total. The smallest absolute Gasteiger partial charge is 0.312 e. The van der Waals surface area contributed by atoms with Crippen molar-refractivity contribution in [2.75, 3.05) is 13.1 Å². The first-order valence-corrected chi connectivity index (χ1v) is 6.14. The molecule has 0 heterocycles. The fourth-order valence-electron chi connectivity index (χ4n) is 1.80. The monoisotopic (exact) mass is 264 g/mol. The van der Waals surface area contributed by atoms with Crippen molar-refractivity contribution in [2.24, 2.45) is 11.5 Å². The van der Waals surface area contributed by atoms with Gasteiger partial charge in [-0.05, 0) is 36.5 Å². The van der Waals surface area contributed by atoms with Crippen LogP contribution in [0.3, 0.4) is 0 Å². The molecule has 0 atom stereocenters. The van der Waals surface area contributed by atoms with Gasteiger partial charge < -0.3 is 22.1 Å². The van der Waals surface area contributed by atoms with Crippen molar-refractivity contribution in [3.8, 4) is 0 Å². The molecule has 0 aromatic heterocycles. The number of carbonyl (C=O) groups excluding carboxylic acids is 2. The maximum Gasteiger partial charge on any atom is 0.312 e. The highest BCUT2D eigenvalue weighted by atomic mass is 16.2. The lowest BCUT2D eigenvalue weighted by molar-refractivity contribution is 0.248. The van der Waals surface area contributed by atoms with Crippen molar-refractivity contribution in [1.29, 1.82) is 0 Å². The Morgan fingerprint density at radius 1 is 1.05 bits per heavy atom. The van der Waals surface area contributed by atoms with E-state index in [-0.39, 0.29) is 0 Å². The average molecular weight is 264 g/mol. The van der Waals surface area contributed by atoms with Crippen molar-refractivity contribution < 1.29 is 9.59 Å². The highest BCUT2D eigenvalue weighted by Gasteiger charge is 2.02. The summed E-state index contributed by atoms with van der Waals surface area (Å²) in [5.74, 6) is 0. The van der Waals surface area contributed by atoms with Gasteiger partial charge in [0.2, 0.25) is 0 Å². The van der Waals surface area contributed by atoms with Gasteiger partial charge >= 0.3 is 12.1 Å². The zero-order valence-corrected chi connectivity index (χ0v) is 11.0. The highest BCUT2D eigenvalue weighted by molar-refractivity contribution is 5.71. The standard InChI is InChI=1S/C13H20N4O2/c1-9-2-3-10(4-6-16-12(14)18)8-11(9)5-7-17-13(15)19/h2-3,8H,4-7H2,1H3,(H3,14,16,18)(H3,15,17,19). The third kappa shape index (κ3) is 5.76. The predicted octanol–water partition coefficient (Wildman–Crippen LogP) is 0.417. The lowest BCUT2D eigenvalue weighted by atomic mass is 10.0. The molecular formula is C13H20N4O2. The van der Waals surface area contributed by atoms with Crippen LogP contribution in [0, 0.1) is 6.92 Å². The van der Waals surface area contributed by atoms with E-state index in [1.807, 2.05) is 19.1 Å². The summed E-state index contributed by atoms with van der Waals surface area (Å²) in [6.45, 7) is 3.04. The molecule has 0 spiro atoms. The van der Waals surface area contributed by atoms with Crippen LogP contribution in [0.1, 0.15) is 16.7 Å². The minimum atomic E-state index is -0.516. The number of urea groups is 2. The molecule has 0 bridgehead atoms. The van der Waals surface area contributed by atoms with Gasteiger partial charge in [0.1, 0.15) is 0 Å². The number of aryl methyl sites for hydroxylation is 1. The highest BCUT2D eigenvalue weighted by Crippen LogP contribution is 2.12. The van der Waals surface area contributed by atoms with Gasteiger partial charge in [0.15, 0.2) is 0 Å². The van der Waals surface area contributed by atoms with Crippen molar-refractivity contribution >= 4 is 12.1 Å². The van der Waals surface area contributed by atoms with Crippen molar-refractivity contribution in [3.05, 3.63) is 34.9 Å². The Labute approximate surface area is 112 Å². The second-order valence-corrected chi connectivity index (χ2v) is 4.34. The Balaban J connectivity index is 2.55. The van der Waals surface area contributed by atoms with E-state index >= 15 is 0 Å². The summed E-state index contributed by atoms with van der Waals surface area (Å²) in [7, 11) is 0. The molecule has 4 amide bonds. The number of carbonyl (C=O) groups is 2. The Hall–Kier alpha value is -2.24. The molecule has 19 heavy (non-hydrogen) atoms. The van der Waals surface area contributed by atoms with Crippen LogP contribution in [0.5, 0.6) is 0 Å². The van der Waals surface area contributed by atoms with Gasteiger partial charge in [-0.15, -0.1) is 0 Å². The fourth-order valence-corrected chi connectivity index (χ4v) is 1.80. The number of nitrogens with one attached hydrogen (secondary N) is 2. The zero-order chi connectivity index (χ0) is 14.3. The van der Waals surface area contributed by atoms with E-state index in [1.54, 1.807) is 0 Å². The molecule has 0 unspecified atom stereocenters. The molecule has 0 aliphatic carbocycles. The minimum absolute atomic E-state index is 0.511. The van der Waals surface area contributed by atoms with E-state index in [1.165, 1.54) is 0 Å². The van der Waals surface area contributed by atoms with E-state index in [0.29, 0.717) is 13.1 Å². The number of rotatable bonds is 6. The van der Waals surface area contributed by atoms with Gasteiger partial charge in [-0.1, -0.05) is 18.2 Å². The third-order valence-electron chi connectivity index (χ3n) is 2.82. The third-order valence-corrected chi connectivity index (χ3v) is 2.82. The van der Waals surface area contributed by atoms with Crippen LogP contribution in [-0.4, -0.2) is 25.2 Å². The summed E-state index contributed by atoms with van der Waals surface area (Å²) < 4.78 is 0. The van der Waals surface area contributed by atoms with Crippen LogP contribution < -0.4 is 22.1 Å². The van der Waals surface area contributed by atoms with Gasteiger partial charge in [0.25, 0.3) is 0 Å². The van der Waals surface area contributed by atoms with E-state index < -0.39 is 12.1 Å². The average Bonchev–Trinajstić information content (AvgIpc) is 2.32. The number of primary amides is 2. The van der Waals surface area contributed by atoms with Crippen LogP contribution >= 0.6 is 0 Å². The first-order valence-electron chi connectivity index (χ1n) is 6.14. The Morgan fingerprint density at radius 3 is 2.21 bits per heavy atom. The van der Waals surface area contributed by atoms with Crippen LogP contribution in [-0.2, 0) is 12.8 Å². The Morgan fingerprint density at radius 2 is 1.63 bits per heavy atom. The summed E-state index contributed by atoms with van der Waals surface area (Å²) in [5, 5.41) is 5.12. The Bertz CT molecular complexity index is 460. The quantitative estimate of drug-likeness (QED) is 0.597. The number of hydrogen-bond donors (Lipinski definition) is 4. The normalized spacial score (nSPS) is 9.95. The molecule has 1 aromatic rings. The first-order chi connectivity index (χ1) is 8.99. The molecule has 6 nitrogen and oxygen atoms in total.